The van der Waals surface area contributed by atoms with Crippen LogP contribution in [0, 0.1) is 27.7 Å². The highest BCUT2D eigenvalue weighted by Gasteiger charge is 2.17. The molecule has 0 saturated carbocycles. The summed E-state index contributed by atoms with van der Waals surface area (Å²) < 4.78 is 12.9. The number of nitrogens with zero attached hydrogens (tertiary/aromatic N) is 1. The van der Waals surface area contributed by atoms with E-state index in [1.807, 2.05) is 62.6 Å². The van der Waals surface area contributed by atoms with Gasteiger partial charge in [-0.3, -0.25) is 20.4 Å². The number of carbonyl (C=O) groups is 2. The van der Waals surface area contributed by atoms with Crippen LogP contribution in [-0.2, 0) is 11.3 Å². The standard InChI is InChI=1S/C22H25N3O4/c1-14-7-8-15(2)20(10-14)29-13-21(26)23-24-22(27)19-11-16(3)25(17(19)4)12-18-6-5-9-28-18/h5-11H,12-13H2,1-4H3,(H,23,26)(H,24,27). The zero-order valence-electron chi connectivity index (χ0n) is 17.0. The lowest BCUT2D eigenvalue weighted by atomic mass is 10.1. The Morgan fingerprint density at radius 1 is 1.07 bits per heavy atom. The van der Waals surface area contributed by atoms with Gasteiger partial charge < -0.3 is 13.7 Å². The predicted molar refractivity (Wildman–Crippen MR) is 109 cm³/mol. The Hall–Kier alpha value is -3.48. The van der Waals surface area contributed by atoms with Crippen LogP contribution in [0.1, 0.15) is 38.6 Å². The first kappa shape index (κ1) is 20.3. The summed E-state index contributed by atoms with van der Waals surface area (Å²) >= 11 is 0. The number of nitrogens with one attached hydrogen (secondary N) is 2. The van der Waals surface area contributed by atoms with Crippen molar-refractivity contribution >= 4 is 11.8 Å². The number of furan rings is 1. The lowest BCUT2D eigenvalue weighted by Gasteiger charge is -2.11. The number of hydrazine groups is 1. The minimum atomic E-state index is -0.441. The van der Waals surface area contributed by atoms with Crippen molar-refractivity contribution in [1.82, 2.24) is 15.4 Å². The Morgan fingerprint density at radius 3 is 2.59 bits per heavy atom. The lowest BCUT2D eigenvalue weighted by molar-refractivity contribution is -0.123. The molecule has 2 heterocycles. The maximum absolute atomic E-state index is 12.5. The van der Waals surface area contributed by atoms with Crippen molar-refractivity contribution in [3.8, 4) is 5.75 Å². The van der Waals surface area contributed by atoms with Crippen LogP contribution in [0.4, 0.5) is 0 Å². The van der Waals surface area contributed by atoms with E-state index in [9.17, 15) is 9.59 Å². The molecule has 3 rings (SSSR count). The number of ether oxygens (including phenoxy) is 1. The summed E-state index contributed by atoms with van der Waals surface area (Å²) in [5.74, 6) is 0.621. The Kier molecular flexibility index (Phi) is 6.07. The SMILES string of the molecule is Cc1ccc(C)c(OCC(=O)NNC(=O)c2cc(C)n(Cc3ccco3)c2C)c1. The van der Waals surface area contributed by atoms with Gasteiger partial charge in [-0.1, -0.05) is 12.1 Å². The molecule has 0 spiro atoms. The van der Waals surface area contributed by atoms with E-state index < -0.39 is 5.91 Å². The second kappa shape index (κ2) is 8.68. The highest BCUT2D eigenvalue weighted by Crippen LogP contribution is 2.19. The molecule has 0 aliphatic carbocycles. The fourth-order valence-electron chi connectivity index (χ4n) is 3.07. The molecule has 7 nitrogen and oxygen atoms in total. The van der Waals surface area contributed by atoms with Crippen LogP contribution in [0.2, 0.25) is 0 Å². The zero-order valence-corrected chi connectivity index (χ0v) is 17.0. The first-order chi connectivity index (χ1) is 13.8. The predicted octanol–water partition coefficient (Wildman–Crippen LogP) is 3.20. The molecule has 0 saturated heterocycles. The molecule has 2 aromatic heterocycles. The Labute approximate surface area is 169 Å². The van der Waals surface area contributed by atoms with Crippen molar-refractivity contribution in [1.29, 1.82) is 0 Å². The summed E-state index contributed by atoms with van der Waals surface area (Å²) in [6.45, 7) is 7.98. The molecule has 1 aromatic carbocycles. The quantitative estimate of drug-likeness (QED) is 0.628. The molecule has 2 N–H and O–H groups in total. The summed E-state index contributed by atoms with van der Waals surface area (Å²) in [6, 6.07) is 11.3. The number of aromatic nitrogens is 1. The molecule has 7 heteroatoms. The fraction of sp³-hybridized carbons (Fsp3) is 0.273. The lowest BCUT2D eigenvalue weighted by Crippen LogP contribution is -2.44. The minimum absolute atomic E-state index is 0.192. The van der Waals surface area contributed by atoms with Crippen LogP contribution in [-0.4, -0.2) is 23.0 Å². The number of benzene rings is 1. The molecule has 2 amide bonds. The maximum atomic E-state index is 12.5. The molecule has 152 valence electrons. The van der Waals surface area contributed by atoms with Crippen LogP contribution >= 0.6 is 0 Å². The van der Waals surface area contributed by atoms with Gasteiger partial charge in [-0.05, 0) is 63.1 Å². The molecular formula is C22H25N3O4. The van der Waals surface area contributed by atoms with Gasteiger partial charge in [0.05, 0.1) is 18.4 Å². The van der Waals surface area contributed by atoms with Crippen LogP contribution < -0.4 is 15.6 Å². The van der Waals surface area contributed by atoms with Gasteiger partial charge >= 0.3 is 0 Å². The summed E-state index contributed by atoms with van der Waals surface area (Å²) in [6.07, 6.45) is 1.62. The van der Waals surface area contributed by atoms with Gasteiger partial charge in [-0.25, -0.2) is 0 Å². The summed E-state index contributed by atoms with van der Waals surface area (Å²) in [5, 5.41) is 0. The Balaban J connectivity index is 1.56. The molecule has 0 aliphatic rings. The Morgan fingerprint density at radius 2 is 1.86 bits per heavy atom. The van der Waals surface area contributed by atoms with Crippen molar-refractivity contribution < 1.29 is 18.7 Å². The molecule has 0 fully saturated rings. The topological polar surface area (TPSA) is 85.5 Å². The van der Waals surface area contributed by atoms with Crippen LogP contribution in [0.3, 0.4) is 0 Å². The van der Waals surface area contributed by atoms with E-state index in [0.29, 0.717) is 17.9 Å². The second-order valence-electron chi connectivity index (χ2n) is 7.01. The normalized spacial score (nSPS) is 10.6. The number of carbonyl (C=O) groups excluding carboxylic acids is 2. The zero-order chi connectivity index (χ0) is 21.0. The summed E-state index contributed by atoms with van der Waals surface area (Å²) in [5.41, 5.74) is 9.03. The van der Waals surface area contributed by atoms with Crippen LogP contribution in [0.5, 0.6) is 5.75 Å². The van der Waals surface area contributed by atoms with Gasteiger partial charge in [-0.15, -0.1) is 0 Å². The summed E-state index contributed by atoms with van der Waals surface area (Å²) in [7, 11) is 0. The molecule has 0 radical (unpaired) electrons. The average molecular weight is 395 g/mol. The molecule has 0 aliphatic heterocycles. The number of hydrogen-bond acceptors (Lipinski definition) is 4. The average Bonchev–Trinajstić information content (AvgIpc) is 3.30. The van der Waals surface area contributed by atoms with E-state index in [1.165, 1.54) is 0 Å². The molecule has 0 bridgehead atoms. The molecule has 0 unspecified atom stereocenters. The van der Waals surface area contributed by atoms with E-state index in [1.54, 1.807) is 12.3 Å². The van der Waals surface area contributed by atoms with E-state index in [-0.39, 0.29) is 12.5 Å². The monoisotopic (exact) mass is 395 g/mol. The van der Waals surface area contributed by atoms with E-state index in [4.69, 9.17) is 9.15 Å². The molecule has 0 atom stereocenters. The first-order valence-electron chi connectivity index (χ1n) is 9.33. The van der Waals surface area contributed by atoms with Gasteiger partial charge in [0, 0.05) is 11.4 Å². The smallest absolute Gasteiger partial charge is 0.276 e. The highest BCUT2D eigenvalue weighted by atomic mass is 16.5. The van der Waals surface area contributed by atoms with Gasteiger partial charge in [0.1, 0.15) is 11.5 Å². The van der Waals surface area contributed by atoms with Crippen molar-refractivity contribution in [2.24, 2.45) is 0 Å². The van der Waals surface area contributed by atoms with Crippen molar-refractivity contribution in [3.05, 3.63) is 76.5 Å². The second-order valence-corrected chi connectivity index (χ2v) is 7.01. The molecule has 3 aromatic rings. The first-order valence-corrected chi connectivity index (χ1v) is 9.33. The number of amides is 2. The third-order valence-electron chi connectivity index (χ3n) is 4.73. The maximum Gasteiger partial charge on any atom is 0.276 e. The van der Waals surface area contributed by atoms with Crippen molar-refractivity contribution in [3.63, 3.8) is 0 Å². The minimum Gasteiger partial charge on any atom is -0.483 e. The third kappa shape index (κ3) is 4.87. The molecule has 29 heavy (non-hydrogen) atoms. The van der Waals surface area contributed by atoms with Crippen molar-refractivity contribution in [2.45, 2.75) is 34.2 Å². The van der Waals surface area contributed by atoms with Gasteiger partial charge in [-0.2, -0.15) is 0 Å². The number of aryl methyl sites for hydroxylation is 3. The van der Waals surface area contributed by atoms with E-state index >= 15 is 0 Å². The number of hydrogen-bond donors (Lipinski definition) is 2. The van der Waals surface area contributed by atoms with E-state index in [2.05, 4.69) is 10.9 Å². The van der Waals surface area contributed by atoms with Gasteiger partial charge in [0.15, 0.2) is 6.61 Å². The third-order valence-corrected chi connectivity index (χ3v) is 4.73. The van der Waals surface area contributed by atoms with E-state index in [0.717, 1.165) is 28.3 Å². The van der Waals surface area contributed by atoms with Crippen LogP contribution in [0.25, 0.3) is 0 Å². The summed E-state index contributed by atoms with van der Waals surface area (Å²) in [4.78, 5) is 24.6. The van der Waals surface area contributed by atoms with Gasteiger partial charge in [0.2, 0.25) is 0 Å². The largest absolute Gasteiger partial charge is 0.483 e. The van der Waals surface area contributed by atoms with Crippen molar-refractivity contribution in [2.75, 3.05) is 6.61 Å². The fourth-order valence-corrected chi connectivity index (χ4v) is 3.07. The van der Waals surface area contributed by atoms with Crippen LogP contribution in [0.15, 0.2) is 47.1 Å². The van der Waals surface area contributed by atoms with Gasteiger partial charge in [0.25, 0.3) is 11.8 Å². The molecular weight excluding hydrogens is 370 g/mol. The highest BCUT2D eigenvalue weighted by molar-refractivity contribution is 5.96. The Bertz CT molecular complexity index is 1020. The number of rotatable bonds is 6.